The number of nitrogens with zero attached hydrogens (tertiary/aromatic N) is 1. The molecule has 3 N–H and O–H groups in total. The lowest BCUT2D eigenvalue weighted by atomic mass is 10.1. The molecule has 0 saturated carbocycles. The number of anilines is 1. The number of nitrogen functional groups attached to an aromatic ring is 1. The summed E-state index contributed by atoms with van der Waals surface area (Å²) in [4.78, 5) is 22.2. The molecule has 6 heteroatoms. The fourth-order valence-corrected chi connectivity index (χ4v) is 1.76. The maximum atomic E-state index is 11.9. The Hall–Kier alpha value is -2.11. The van der Waals surface area contributed by atoms with E-state index in [0.717, 1.165) is 12.8 Å². The van der Waals surface area contributed by atoms with Gasteiger partial charge in [-0.05, 0) is 25.5 Å². The molecule has 0 aromatic heterocycles. The lowest BCUT2D eigenvalue weighted by molar-refractivity contribution is -0.384. The van der Waals surface area contributed by atoms with Crippen molar-refractivity contribution in [1.82, 2.24) is 5.32 Å². The summed E-state index contributed by atoms with van der Waals surface area (Å²) in [6.07, 6.45) is 1.75. The molecule has 1 amide bonds. The second kappa shape index (κ2) is 6.00. The summed E-state index contributed by atoms with van der Waals surface area (Å²) in [7, 11) is 0. The third kappa shape index (κ3) is 3.19. The Labute approximate surface area is 105 Å². The molecular weight excluding hydrogens is 234 g/mol. The van der Waals surface area contributed by atoms with E-state index in [0.29, 0.717) is 0 Å². The third-order valence-electron chi connectivity index (χ3n) is 2.59. The molecule has 0 aliphatic heterocycles. The summed E-state index contributed by atoms with van der Waals surface area (Å²) >= 11 is 0. The van der Waals surface area contributed by atoms with Crippen molar-refractivity contribution >= 4 is 17.3 Å². The van der Waals surface area contributed by atoms with Crippen LogP contribution in [0.3, 0.4) is 0 Å². The Balaban J connectivity index is 2.99. The fraction of sp³-hybridized carbons (Fsp3) is 0.417. The second-order valence-corrected chi connectivity index (χ2v) is 4.16. The highest BCUT2D eigenvalue weighted by Gasteiger charge is 2.23. The van der Waals surface area contributed by atoms with Crippen LogP contribution in [0.2, 0.25) is 0 Å². The second-order valence-electron chi connectivity index (χ2n) is 4.16. The zero-order chi connectivity index (χ0) is 13.7. The van der Waals surface area contributed by atoms with Gasteiger partial charge in [0.05, 0.1) is 4.92 Å². The van der Waals surface area contributed by atoms with E-state index in [1.165, 1.54) is 18.2 Å². The fourth-order valence-electron chi connectivity index (χ4n) is 1.76. The summed E-state index contributed by atoms with van der Waals surface area (Å²) in [5, 5.41) is 13.6. The molecule has 18 heavy (non-hydrogen) atoms. The van der Waals surface area contributed by atoms with Gasteiger partial charge in [-0.2, -0.15) is 0 Å². The van der Waals surface area contributed by atoms with E-state index in [1.807, 2.05) is 13.8 Å². The maximum absolute atomic E-state index is 11.9. The first-order chi connectivity index (χ1) is 8.47. The highest BCUT2D eigenvalue weighted by atomic mass is 16.6. The van der Waals surface area contributed by atoms with Crippen molar-refractivity contribution < 1.29 is 9.72 Å². The minimum atomic E-state index is -0.630. The predicted molar refractivity (Wildman–Crippen MR) is 69.3 cm³/mol. The first kappa shape index (κ1) is 14.0. The lowest BCUT2D eigenvalue weighted by Gasteiger charge is -2.13. The number of benzene rings is 1. The summed E-state index contributed by atoms with van der Waals surface area (Å²) < 4.78 is 0. The molecule has 0 aliphatic carbocycles. The molecular formula is C12H17N3O3. The SMILES string of the molecule is CCCC(C)NC(=O)c1cccc(N)c1[N+](=O)[O-]. The van der Waals surface area contributed by atoms with Crippen molar-refractivity contribution in [3.63, 3.8) is 0 Å². The highest BCUT2D eigenvalue weighted by molar-refractivity contribution is 6.00. The van der Waals surface area contributed by atoms with Crippen LogP contribution in [0.25, 0.3) is 0 Å². The Morgan fingerprint density at radius 2 is 2.22 bits per heavy atom. The summed E-state index contributed by atoms with van der Waals surface area (Å²) in [6, 6.07) is 4.32. The zero-order valence-electron chi connectivity index (χ0n) is 10.5. The molecule has 1 rings (SSSR count). The smallest absolute Gasteiger partial charge is 0.304 e. The van der Waals surface area contributed by atoms with E-state index in [9.17, 15) is 14.9 Å². The Kier molecular flexibility index (Phi) is 4.65. The van der Waals surface area contributed by atoms with Crippen LogP contribution in [0.5, 0.6) is 0 Å². The van der Waals surface area contributed by atoms with Crippen molar-refractivity contribution in [2.75, 3.05) is 5.73 Å². The van der Waals surface area contributed by atoms with Gasteiger partial charge in [0.15, 0.2) is 0 Å². The van der Waals surface area contributed by atoms with Gasteiger partial charge in [0.2, 0.25) is 0 Å². The first-order valence-electron chi connectivity index (χ1n) is 5.81. The van der Waals surface area contributed by atoms with Crippen LogP contribution in [0.1, 0.15) is 37.0 Å². The van der Waals surface area contributed by atoms with Crippen LogP contribution in [0.4, 0.5) is 11.4 Å². The largest absolute Gasteiger partial charge is 0.393 e. The van der Waals surface area contributed by atoms with Crippen LogP contribution >= 0.6 is 0 Å². The number of carbonyl (C=O) groups is 1. The van der Waals surface area contributed by atoms with Gasteiger partial charge >= 0.3 is 5.69 Å². The number of hydrogen-bond donors (Lipinski definition) is 2. The number of nitro benzene ring substituents is 1. The number of nitrogens with one attached hydrogen (secondary N) is 1. The van der Waals surface area contributed by atoms with E-state index in [2.05, 4.69) is 5.32 Å². The van der Waals surface area contributed by atoms with Crippen molar-refractivity contribution in [3.8, 4) is 0 Å². The van der Waals surface area contributed by atoms with E-state index in [1.54, 1.807) is 0 Å². The minimum Gasteiger partial charge on any atom is -0.393 e. The first-order valence-corrected chi connectivity index (χ1v) is 5.81. The van der Waals surface area contributed by atoms with E-state index in [-0.39, 0.29) is 23.0 Å². The average Bonchev–Trinajstić information content (AvgIpc) is 2.28. The molecule has 1 aromatic carbocycles. The normalized spacial score (nSPS) is 11.9. The standard InChI is InChI=1S/C12H17N3O3/c1-3-5-8(2)14-12(16)9-6-4-7-10(13)11(9)15(17)18/h4,6-8H,3,5,13H2,1-2H3,(H,14,16). The number of nitro groups is 1. The number of hydrogen-bond acceptors (Lipinski definition) is 4. The molecule has 0 radical (unpaired) electrons. The number of para-hydroxylation sites is 1. The molecule has 0 spiro atoms. The minimum absolute atomic E-state index is 0.00273. The monoisotopic (exact) mass is 251 g/mol. The average molecular weight is 251 g/mol. The van der Waals surface area contributed by atoms with Gasteiger partial charge in [-0.1, -0.05) is 19.4 Å². The van der Waals surface area contributed by atoms with Crippen LogP contribution in [-0.2, 0) is 0 Å². The number of amides is 1. The van der Waals surface area contributed by atoms with E-state index < -0.39 is 10.8 Å². The van der Waals surface area contributed by atoms with Crippen LogP contribution in [-0.4, -0.2) is 16.9 Å². The number of carbonyl (C=O) groups excluding carboxylic acids is 1. The van der Waals surface area contributed by atoms with Crippen LogP contribution in [0, 0.1) is 10.1 Å². The summed E-state index contributed by atoms with van der Waals surface area (Å²) in [5.41, 5.74) is 5.19. The van der Waals surface area contributed by atoms with Crippen LogP contribution in [0.15, 0.2) is 18.2 Å². The van der Waals surface area contributed by atoms with Gasteiger partial charge in [-0.25, -0.2) is 0 Å². The lowest BCUT2D eigenvalue weighted by Crippen LogP contribution is -2.32. The molecule has 0 fully saturated rings. The molecule has 0 heterocycles. The molecule has 98 valence electrons. The van der Waals surface area contributed by atoms with E-state index in [4.69, 9.17) is 5.73 Å². The number of nitrogens with two attached hydrogens (primary N) is 1. The zero-order valence-corrected chi connectivity index (χ0v) is 10.5. The highest BCUT2D eigenvalue weighted by Crippen LogP contribution is 2.25. The molecule has 1 unspecified atom stereocenters. The molecule has 0 saturated heterocycles. The topological polar surface area (TPSA) is 98.3 Å². The summed E-state index contributed by atoms with van der Waals surface area (Å²) in [5.74, 6) is -0.463. The van der Waals surface area contributed by atoms with E-state index >= 15 is 0 Å². The van der Waals surface area contributed by atoms with Crippen molar-refractivity contribution in [3.05, 3.63) is 33.9 Å². The molecule has 1 aromatic rings. The Morgan fingerprint density at radius 3 is 2.78 bits per heavy atom. The van der Waals surface area contributed by atoms with Crippen LogP contribution < -0.4 is 11.1 Å². The van der Waals surface area contributed by atoms with Gasteiger partial charge in [0, 0.05) is 6.04 Å². The quantitative estimate of drug-likeness (QED) is 0.475. The maximum Gasteiger partial charge on any atom is 0.304 e. The van der Waals surface area contributed by atoms with Gasteiger partial charge in [0.25, 0.3) is 5.91 Å². The molecule has 0 bridgehead atoms. The van der Waals surface area contributed by atoms with Gasteiger partial charge in [-0.3, -0.25) is 14.9 Å². The van der Waals surface area contributed by atoms with Crippen molar-refractivity contribution in [2.24, 2.45) is 0 Å². The van der Waals surface area contributed by atoms with Gasteiger partial charge < -0.3 is 11.1 Å². The Bertz CT molecular complexity index is 460. The molecule has 1 atom stereocenters. The molecule has 0 aliphatic rings. The summed E-state index contributed by atoms with van der Waals surface area (Å²) in [6.45, 7) is 3.87. The predicted octanol–water partition coefficient (Wildman–Crippen LogP) is 2.10. The van der Waals surface area contributed by atoms with Gasteiger partial charge in [0.1, 0.15) is 11.3 Å². The third-order valence-corrected chi connectivity index (χ3v) is 2.59. The van der Waals surface area contributed by atoms with Crippen molar-refractivity contribution in [2.45, 2.75) is 32.7 Å². The number of rotatable bonds is 5. The molecule has 6 nitrogen and oxygen atoms in total. The Morgan fingerprint density at radius 1 is 1.56 bits per heavy atom. The van der Waals surface area contributed by atoms with Crippen molar-refractivity contribution in [1.29, 1.82) is 0 Å². The van der Waals surface area contributed by atoms with Gasteiger partial charge in [-0.15, -0.1) is 0 Å².